The molecule has 4 heteroatoms. The van der Waals surface area contributed by atoms with E-state index in [4.69, 9.17) is 0 Å². The molecule has 3 nitrogen and oxygen atoms in total. The Labute approximate surface area is 115 Å². The monoisotopic (exact) mass is 268 g/mol. The summed E-state index contributed by atoms with van der Waals surface area (Å²) in [6, 6.07) is 13.7. The van der Waals surface area contributed by atoms with E-state index in [9.17, 15) is 9.50 Å². The molecule has 100 valence electrons. The van der Waals surface area contributed by atoms with Crippen LogP contribution in [-0.2, 0) is 0 Å². The van der Waals surface area contributed by atoms with Crippen LogP contribution in [-0.4, -0.2) is 14.9 Å². The number of hydrogen-bond acceptors (Lipinski definition) is 2. The van der Waals surface area contributed by atoms with Gasteiger partial charge in [-0.15, -0.1) is 0 Å². The molecule has 0 aliphatic carbocycles. The number of halogens is 1. The Balaban J connectivity index is 2.02. The Kier molecular flexibility index (Phi) is 2.99. The van der Waals surface area contributed by atoms with Gasteiger partial charge in [0.25, 0.3) is 0 Å². The first-order chi connectivity index (χ1) is 9.63. The van der Waals surface area contributed by atoms with Crippen molar-refractivity contribution in [2.24, 2.45) is 0 Å². The molecule has 1 aromatic heterocycles. The van der Waals surface area contributed by atoms with E-state index in [2.05, 4.69) is 5.10 Å². The minimum atomic E-state index is -0.314. The number of aryl methyl sites for hydroxylation is 1. The zero-order valence-corrected chi connectivity index (χ0v) is 10.9. The van der Waals surface area contributed by atoms with Crippen LogP contribution in [0.4, 0.5) is 4.39 Å². The fraction of sp³-hybridized carbons (Fsp3) is 0.0625. The second-order valence-corrected chi connectivity index (χ2v) is 4.65. The first-order valence-electron chi connectivity index (χ1n) is 6.25. The molecule has 2 aromatic carbocycles. The predicted octanol–water partition coefficient (Wildman–Crippen LogP) is 3.69. The van der Waals surface area contributed by atoms with Gasteiger partial charge >= 0.3 is 0 Å². The number of benzene rings is 2. The van der Waals surface area contributed by atoms with Crippen LogP contribution >= 0.6 is 0 Å². The predicted molar refractivity (Wildman–Crippen MR) is 75.4 cm³/mol. The van der Waals surface area contributed by atoms with Gasteiger partial charge in [0, 0.05) is 5.56 Å². The normalized spacial score (nSPS) is 10.7. The average molecular weight is 268 g/mol. The molecule has 0 fully saturated rings. The van der Waals surface area contributed by atoms with Gasteiger partial charge in [0.15, 0.2) is 5.75 Å². The van der Waals surface area contributed by atoms with Crippen molar-refractivity contribution in [2.75, 3.05) is 0 Å². The van der Waals surface area contributed by atoms with Gasteiger partial charge < -0.3 is 5.11 Å². The Morgan fingerprint density at radius 1 is 1.00 bits per heavy atom. The van der Waals surface area contributed by atoms with E-state index in [1.54, 1.807) is 23.0 Å². The number of aromatic nitrogens is 2. The molecule has 0 saturated heterocycles. The van der Waals surface area contributed by atoms with Crippen LogP contribution in [0.1, 0.15) is 5.56 Å². The summed E-state index contributed by atoms with van der Waals surface area (Å²) < 4.78 is 14.5. The lowest BCUT2D eigenvalue weighted by atomic mass is 10.1. The smallest absolute Gasteiger partial charge is 0.162 e. The van der Waals surface area contributed by atoms with Crippen LogP contribution in [0.2, 0.25) is 0 Å². The lowest BCUT2D eigenvalue weighted by Crippen LogP contribution is -1.94. The molecule has 3 aromatic rings. The Bertz CT molecular complexity index is 730. The van der Waals surface area contributed by atoms with Gasteiger partial charge in [0.2, 0.25) is 0 Å². The maximum absolute atomic E-state index is 12.9. The SMILES string of the molecule is Cc1ccc(-n2cc(O)c(-c3ccc(F)cc3)n2)cc1. The highest BCUT2D eigenvalue weighted by atomic mass is 19.1. The Morgan fingerprint density at radius 3 is 2.30 bits per heavy atom. The zero-order valence-electron chi connectivity index (χ0n) is 10.9. The highest BCUT2D eigenvalue weighted by molar-refractivity contribution is 5.65. The summed E-state index contributed by atoms with van der Waals surface area (Å²) >= 11 is 0. The third-order valence-corrected chi connectivity index (χ3v) is 3.11. The molecular formula is C16H13FN2O. The van der Waals surface area contributed by atoms with Crippen molar-refractivity contribution in [1.82, 2.24) is 9.78 Å². The summed E-state index contributed by atoms with van der Waals surface area (Å²) in [5.74, 6) is -0.247. The van der Waals surface area contributed by atoms with E-state index in [1.807, 2.05) is 31.2 Å². The van der Waals surface area contributed by atoms with Gasteiger partial charge in [-0.3, -0.25) is 0 Å². The van der Waals surface area contributed by atoms with Crippen LogP contribution < -0.4 is 0 Å². The van der Waals surface area contributed by atoms with Crippen molar-refractivity contribution in [2.45, 2.75) is 6.92 Å². The second kappa shape index (κ2) is 4.81. The second-order valence-electron chi connectivity index (χ2n) is 4.65. The van der Waals surface area contributed by atoms with E-state index in [-0.39, 0.29) is 11.6 Å². The summed E-state index contributed by atoms with van der Waals surface area (Å²) in [5, 5.41) is 14.3. The minimum absolute atomic E-state index is 0.0668. The van der Waals surface area contributed by atoms with Crippen molar-refractivity contribution in [1.29, 1.82) is 0 Å². The summed E-state index contributed by atoms with van der Waals surface area (Å²) in [4.78, 5) is 0. The fourth-order valence-corrected chi connectivity index (χ4v) is 2.01. The zero-order chi connectivity index (χ0) is 14.1. The number of nitrogens with zero attached hydrogens (tertiary/aromatic N) is 2. The first kappa shape index (κ1) is 12.4. The summed E-state index contributed by atoms with van der Waals surface area (Å²) in [5.41, 5.74) is 3.13. The minimum Gasteiger partial charge on any atom is -0.504 e. The Hall–Kier alpha value is -2.62. The molecule has 3 rings (SSSR count). The number of rotatable bonds is 2. The molecular weight excluding hydrogens is 255 g/mol. The van der Waals surface area contributed by atoms with Crippen LogP contribution in [0, 0.1) is 12.7 Å². The van der Waals surface area contributed by atoms with Gasteiger partial charge in [0.05, 0.1) is 11.9 Å². The molecule has 0 saturated carbocycles. The number of aromatic hydroxyl groups is 1. The lowest BCUT2D eigenvalue weighted by Gasteiger charge is -2.01. The van der Waals surface area contributed by atoms with E-state index in [0.717, 1.165) is 11.3 Å². The molecule has 0 amide bonds. The highest BCUT2D eigenvalue weighted by Crippen LogP contribution is 2.28. The Morgan fingerprint density at radius 2 is 1.65 bits per heavy atom. The largest absolute Gasteiger partial charge is 0.504 e. The molecule has 0 spiro atoms. The molecule has 1 N–H and O–H groups in total. The van der Waals surface area contributed by atoms with E-state index in [1.165, 1.54) is 12.1 Å². The van der Waals surface area contributed by atoms with Crippen molar-refractivity contribution in [3.05, 3.63) is 66.1 Å². The molecule has 0 aliphatic rings. The van der Waals surface area contributed by atoms with Crippen molar-refractivity contribution < 1.29 is 9.50 Å². The van der Waals surface area contributed by atoms with Crippen LogP contribution in [0.25, 0.3) is 16.9 Å². The third kappa shape index (κ3) is 2.28. The maximum atomic E-state index is 12.9. The van der Waals surface area contributed by atoms with Gasteiger partial charge in [-0.1, -0.05) is 17.7 Å². The summed E-state index contributed by atoms with van der Waals surface area (Å²) in [7, 11) is 0. The number of hydrogen-bond donors (Lipinski definition) is 1. The van der Waals surface area contributed by atoms with Crippen molar-refractivity contribution >= 4 is 0 Å². The first-order valence-corrected chi connectivity index (χ1v) is 6.25. The fourth-order valence-electron chi connectivity index (χ4n) is 2.01. The highest BCUT2D eigenvalue weighted by Gasteiger charge is 2.11. The third-order valence-electron chi connectivity index (χ3n) is 3.11. The quantitative estimate of drug-likeness (QED) is 0.769. The van der Waals surface area contributed by atoms with Gasteiger partial charge in [-0.05, 0) is 43.3 Å². The van der Waals surface area contributed by atoms with Crippen molar-refractivity contribution in [3.8, 4) is 22.7 Å². The topological polar surface area (TPSA) is 38.0 Å². The summed E-state index contributed by atoms with van der Waals surface area (Å²) in [6.45, 7) is 2.01. The molecule has 0 aliphatic heterocycles. The van der Waals surface area contributed by atoms with Gasteiger partial charge in [-0.2, -0.15) is 5.10 Å². The molecule has 0 unspecified atom stereocenters. The summed E-state index contributed by atoms with van der Waals surface area (Å²) in [6.07, 6.45) is 1.54. The molecule has 0 atom stereocenters. The standard InChI is InChI=1S/C16H13FN2O/c1-11-2-8-14(9-3-11)19-10-15(20)16(18-19)12-4-6-13(17)7-5-12/h2-10,20H,1H3. The van der Waals surface area contributed by atoms with Crippen LogP contribution in [0.15, 0.2) is 54.7 Å². The maximum Gasteiger partial charge on any atom is 0.162 e. The van der Waals surface area contributed by atoms with Crippen LogP contribution in [0.3, 0.4) is 0 Å². The lowest BCUT2D eigenvalue weighted by molar-refractivity contribution is 0.477. The van der Waals surface area contributed by atoms with Gasteiger partial charge in [0.1, 0.15) is 11.5 Å². The van der Waals surface area contributed by atoms with E-state index >= 15 is 0 Å². The van der Waals surface area contributed by atoms with Gasteiger partial charge in [-0.25, -0.2) is 9.07 Å². The molecule has 0 radical (unpaired) electrons. The van der Waals surface area contributed by atoms with Crippen LogP contribution in [0.5, 0.6) is 5.75 Å². The molecule has 0 bridgehead atoms. The van der Waals surface area contributed by atoms with Crippen molar-refractivity contribution in [3.63, 3.8) is 0 Å². The average Bonchev–Trinajstić information content (AvgIpc) is 2.82. The van der Waals surface area contributed by atoms with E-state index in [0.29, 0.717) is 11.3 Å². The van der Waals surface area contributed by atoms with E-state index < -0.39 is 0 Å². The molecule has 20 heavy (non-hydrogen) atoms. The molecule has 1 heterocycles.